The Morgan fingerprint density at radius 2 is 1.54 bits per heavy atom. The van der Waals surface area contributed by atoms with Crippen molar-refractivity contribution in [1.82, 2.24) is 4.57 Å². The smallest absolute Gasteiger partial charge is 0.145 e. The van der Waals surface area contributed by atoms with Crippen molar-refractivity contribution in [1.29, 1.82) is 0 Å². The van der Waals surface area contributed by atoms with Crippen molar-refractivity contribution in [3.05, 3.63) is 90.5 Å². The third-order valence-corrected chi connectivity index (χ3v) is 5.58. The highest BCUT2D eigenvalue weighted by Crippen LogP contribution is 2.40. The van der Waals surface area contributed by atoms with Gasteiger partial charge in [-0.25, -0.2) is 0 Å². The zero-order valence-electron chi connectivity index (χ0n) is 15.2. The molecule has 0 aliphatic carbocycles. The molecule has 0 fully saturated rings. The third-order valence-electron chi connectivity index (χ3n) is 5.58. The van der Waals surface area contributed by atoms with Crippen LogP contribution in [-0.2, 0) is 6.54 Å². The van der Waals surface area contributed by atoms with Crippen molar-refractivity contribution < 1.29 is 4.42 Å². The third kappa shape index (κ3) is 2.02. The highest BCUT2D eigenvalue weighted by atomic mass is 16.3. The molecule has 3 heteroatoms. The predicted molar refractivity (Wildman–Crippen MR) is 116 cm³/mol. The van der Waals surface area contributed by atoms with Gasteiger partial charge in [0.05, 0.1) is 16.4 Å². The first-order valence-corrected chi connectivity index (χ1v) is 9.48. The predicted octanol–water partition coefficient (Wildman–Crippen LogP) is 6.14. The minimum Gasteiger partial charge on any atom is -0.455 e. The number of nitrogens with two attached hydrogens (primary N) is 1. The van der Waals surface area contributed by atoms with Gasteiger partial charge >= 0.3 is 0 Å². The largest absolute Gasteiger partial charge is 0.455 e. The maximum atomic E-state index is 6.33. The molecule has 2 heterocycles. The Morgan fingerprint density at radius 3 is 2.43 bits per heavy atom. The molecule has 0 unspecified atom stereocenters. The van der Waals surface area contributed by atoms with Gasteiger partial charge < -0.3 is 14.7 Å². The van der Waals surface area contributed by atoms with E-state index < -0.39 is 0 Å². The van der Waals surface area contributed by atoms with Gasteiger partial charge in [-0.15, -0.1) is 0 Å². The number of benzene rings is 4. The Morgan fingerprint density at radius 1 is 0.714 bits per heavy atom. The Hall–Kier alpha value is -3.56. The zero-order valence-corrected chi connectivity index (χ0v) is 15.2. The van der Waals surface area contributed by atoms with Gasteiger partial charge in [0.15, 0.2) is 0 Å². The number of rotatable bonds is 2. The van der Waals surface area contributed by atoms with E-state index in [1.165, 1.54) is 10.9 Å². The summed E-state index contributed by atoms with van der Waals surface area (Å²) >= 11 is 0. The molecule has 0 saturated heterocycles. The molecule has 0 bridgehead atoms. The van der Waals surface area contributed by atoms with Crippen molar-refractivity contribution in [2.45, 2.75) is 6.54 Å². The summed E-state index contributed by atoms with van der Waals surface area (Å²) in [6, 6.07) is 29.5. The summed E-state index contributed by atoms with van der Waals surface area (Å²) in [5, 5.41) is 4.66. The molecular weight excluding hydrogens is 344 g/mol. The average molecular weight is 362 g/mol. The first kappa shape index (κ1) is 15.5. The molecule has 6 aromatic rings. The number of nitrogens with zero attached hydrogens (tertiary/aromatic N) is 1. The normalized spacial score (nSPS) is 11.9. The molecule has 0 radical (unpaired) electrons. The first-order valence-electron chi connectivity index (χ1n) is 9.48. The molecule has 0 amide bonds. The van der Waals surface area contributed by atoms with Gasteiger partial charge in [-0.3, -0.25) is 0 Å². The molecule has 2 N–H and O–H groups in total. The van der Waals surface area contributed by atoms with Gasteiger partial charge in [-0.2, -0.15) is 0 Å². The van der Waals surface area contributed by atoms with Crippen molar-refractivity contribution in [2.24, 2.45) is 5.73 Å². The number of aromatic nitrogens is 1. The Labute approximate surface area is 161 Å². The van der Waals surface area contributed by atoms with Gasteiger partial charge in [0.2, 0.25) is 0 Å². The van der Waals surface area contributed by atoms with Crippen LogP contribution in [0.4, 0.5) is 0 Å². The molecule has 0 aliphatic rings. The Bertz CT molecular complexity index is 1500. The maximum Gasteiger partial charge on any atom is 0.145 e. The van der Waals surface area contributed by atoms with E-state index in [4.69, 9.17) is 10.2 Å². The van der Waals surface area contributed by atoms with E-state index in [9.17, 15) is 0 Å². The van der Waals surface area contributed by atoms with Gasteiger partial charge in [0.1, 0.15) is 11.2 Å². The lowest BCUT2D eigenvalue weighted by molar-refractivity contribution is 0.673. The van der Waals surface area contributed by atoms with E-state index in [2.05, 4.69) is 77.4 Å². The number of para-hydroxylation sites is 2. The van der Waals surface area contributed by atoms with Crippen LogP contribution in [0.15, 0.2) is 89.3 Å². The van der Waals surface area contributed by atoms with Crippen LogP contribution >= 0.6 is 0 Å². The van der Waals surface area contributed by atoms with Crippen LogP contribution < -0.4 is 5.73 Å². The minimum absolute atomic E-state index is 0.527. The lowest BCUT2D eigenvalue weighted by atomic mass is 10.1. The van der Waals surface area contributed by atoms with Gasteiger partial charge in [-0.1, -0.05) is 48.5 Å². The summed E-state index contributed by atoms with van der Waals surface area (Å²) in [4.78, 5) is 0. The molecule has 4 aromatic carbocycles. The molecule has 134 valence electrons. The summed E-state index contributed by atoms with van der Waals surface area (Å²) in [6.45, 7) is 0.527. The van der Waals surface area contributed by atoms with E-state index >= 15 is 0 Å². The molecule has 6 rings (SSSR count). The summed E-state index contributed by atoms with van der Waals surface area (Å²) in [6.07, 6.45) is 0. The first-order chi connectivity index (χ1) is 13.8. The summed E-state index contributed by atoms with van der Waals surface area (Å²) in [5.74, 6) is 0. The average Bonchev–Trinajstić information content (AvgIpc) is 3.29. The van der Waals surface area contributed by atoms with E-state index in [-0.39, 0.29) is 0 Å². The molecule has 0 aliphatic heterocycles. The molecule has 0 saturated carbocycles. The van der Waals surface area contributed by atoms with Gasteiger partial charge in [0, 0.05) is 28.4 Å². The second-order valence-electron chi connectivity index (χ2n) is 7.16. The summed E-state index contributed by atoms with van der Waals surface area (Å²) in [5.41, 5.74) is 12.3. The minimum atomic E-state index is 0.527. The monoisotopic (exact) mass is 362 g/mol. The Kier molecular flexibility index (Phi) is 3.16. The molecule has 3 nitrogen and oxygen atoms in total. The van der Waals surface area contributed by atoms with Crippen molar-refractivity contribution in [3.8, 4) is 5.69 Å². The van der Waals surface area contributed by atoms with Crippen LogP contribution in [0.2, 0.25) is 0 Å². The molecule has 2 aromatic heterocycles. The molecule has 0 spiro atoms. The molecular formula is C25H18N2O. The SMILES string of the molecule is NCc1cccc(-n2c3ccccc3c3c4oc5ccccc5c4ccc32)c1. The number of hydrogen-bond acceptors (Lipinski definition) is 2. The van der Waals surface area contributed by atoms with Crippen LogP contribution in [-0.4, -0.2) is 4.57 Å². The van der Waals surface area contributed by atoms with E-state index in [0.717, 1.165) is 44.1 Å². The standard InChI is InChI=1S/C25H18N2O/c26-15-16-6-5-7-17(14-16)27-21-10-3-1-9-20(21)24-22(27)13-12-19-18-8-2-4-11-23(18)28-25(19)24/h1-14H,15,26H2. The van der Waals surface area contributed by atoms with Crippen molar-refractivity contribution in [2.75, 3.05) is 0 Å². The second kappa shape index (κ2) is 5.72. The van der Waals surface area contributed by atoms with E-state index in [1.807, 2.05) is 12.1 Å². The lowest BCUT2D eigenvalue weighted by Crippen LogP contribution is -1.99. The highest BCUT2D eigenvalue weighted by Gasteiger charge is 2.18. The Balaban J connectivity index is 1.83. The second-order valence-corrected chi connectivity index (χ2v) is 7.16. The fraction of sp³-hybridized carbons (Fsp3) is 0.0400. The van der Waals surface area contributed by atoms with Crippen LogP contribution in [0.5, 0.6) is 0 Å². The summed E-state index contributed by atoms with van der Waals surface area (Å²) < 4.78 is 8.64. The fourth-order valence-corrected chi connectivity index (χ4v) is 4.34. The molecule has 0 atom stereocenters. The number of fused-ring (bicyclic) bond motifs is 7. The maximum absolute atomic E-state index is 6.33. The lowest BCUT2D eigenvalue weighted by Gasteiger charge is -2.09. The summed E-state index contributed by atoms with van der Waals surface area (Å²) in [7, 11) is 0. The van der Waals surface area contributed by atoms with Crippen molar-refractivity contribution in [3.63, 3.8) is 0 Å². The quantitative estimate of drug-likeness (QED) is 0.402. The van der Waals surface area contributed by atoms with Gasteiger partial charge in [0.25, 0.3) is 0 Å². The number of hydrogen-bond donors (Lipinski definition) is 1. The van der Waals surface area contributed by atoms with Crippen LogP contribution in [0.1, 0.15) is 5.56 Å². The molecule has 28 heavy (non-hydrogen) atoms. The highest BCUT2D eigenvalue weighted by molar-refractivity contribution is 6.23. The number of furan rings is 1. The van der Waals surface area contributed by atoms with E-state index in [1.54, 1.807) is 0 Å². The zero-order chi connectivity index (χ0) is 18.7. The van der Waals surface area contributed by atoms with Crippen LogP contribution in [0.25, 0.3) is 49.4 Å². The van der Waals surface area contributed by atoms with Gasteiger partial charge in [-0.05, 0) is 42.0 Å². The fourth-order valence-electron chi connectivity index (χ4n) is 4.34. The van der Waals surface area contributed by atoms with E-state index in [0.29, 0.717) is 6.54 Å². The van der Waals surface area contributed by atoms with Crippen LogP contribution in [0, 0.1) is 0 Å². The topological polar surface area (TPSA) is 44.1 Å². The van der Waals surface area contributed by atoms with Crippen molar-refractivity contribution >= 4 is 43.7 Å². The van der Waals surface area contributed by atoms with Crippen LogP contribution in [0.3, 0.4) is 0 Å².